The van der Waals surface area contributed by atoms with E-state index in [0.29, 0.717) is 33.1 Å². The third kappa shape index (κ3) is 8.89. The number of nitrogens with one attached hydrogen (secondary N) is 3. The molecule has 0 saturated carbocycles. The maximum Gasteiger partial charge on any atom is 0.341 e. The quantitative estimate of drug-likeness (QED) is 0.0565. The SMILES string of the molecule is COC(=O)c1c(NC(=O)C(C)Sc2cccc(NC(=O)/C(=C\c3ccc(O)cc3OC)NC(=O)c3ccccc3)c2)sc2c1CCCCC2. The van der Waals surface area contributed by atoms with Crippen molar-refractivity contribution in [3.63, 3.8) is 0 Å². The van der Waals surface area contributed by atoms with Gasteiger partial charge in [-0.3, -0.25) is 14.4 Å². The van der Waals surface area contributed by atoms with Gasteiger partial charge >= 0.3 is 5.97 Å². The number of methoxy groups -OCH3 is 2. The van der Waals surface area contributed by atoms with Crippen LogP contribution in [0.1, 0.15) is 62.9 Å². The van der Waals surface area contributed by atoms with Gasteiger partial charge in [-0.1, -0.05) is 30.7 Å². The van der Waals surface area contributed by atoms with Crippen molar-refractivity contribution in [2.75, 3.05) is 24.9 Å². The summed E-state index contributed by atoms with van der Waals surface area (Å²) >= 11 is 2.74. The molecule has 10 nitrogen and oxygen atoms in total. The highest BCUT2D eigenvalue weighted by Crippen LogP contribution is 2.38. The highest BCUT2D eigenvalue weighted by atomic mass is 32.2. The molecule has 0 bridgehead atoms. The predicted molar refractivity (Wildman–Crippen MR) is 192 cm³/mol. The lowest BCUT2D eigenvalue weighted by molar-refractivity contribution is -0.115. The van der Waals surface area contributed by atoms with Crippen LogP contribution in [0.15, 0.2) is 83.4 Å². The minimum atomic E-state index is -0.597. The molecule has 0 spiro atoms. The van der Waals surface area contributed by atoms with E-state index in [1.54, 1.807) is 61.5 Å². The van der Waals surface area contributed by atoms with Crippen molar-refractivity contribution >= 4 is 63.6 Å². The lowest BCUT2D eigenvalue weighted by Gasteiger charge is -2.15. The summed E-state index contributed by atoms with van der Waals surface area (Å²) in [5.41, 5.74) is 2.63. The molecule has 12 heteroatoms. The molecule has 0 aliphatic heterocycles. The van der Waals surface area contributed by atoms with Crippen molar-refractivity contribution in [2.45, 2.75) is 49.2 Å². The highest BCUT2D eigenvalue weighted by molar-refractivity contribution is 8.00. The number of benzene rings is 3. The monoisotopic (exact) mass is 699 g/mol. The fraction of sp³-hybridized carbons (Fsp3) is 0.243. The minimum absolute atomic E-state index is 0.0145. The first-order chi connectivity index (χ1) is 23.7. The number of carbonyl (C=O) groups is 4. The van der Waals surface area contributed by atoms with Gasteiger partial charge in [0.1, 0.15) is 22.2 Å². The molecule has 3 amide bonds. The average molecular weight is 700 g/mol. The molecule has 1 aliphatic carbocycles. The molecule has 1 atom stereocenters. The zero-order valence-electron chi connectivity index (χ0n) is 27.3. The van der Waals surface area contributed by atoms with Crippen molar-refractivity contribution in [1.29, 1.82) is 0 Å². The van der Waals surface area contributed by atoms with E-state index < -0.39 is 23.0 Å². The molecule has 1 aromatic heterocycles. The van der Waals surface area contributed by atoms with Gasteiger partial charge in [-0.25, -0.2) is 4.79 Å². The van der Waals surface area contributed by atoms with Gasteiger partial charge in [0, 0.05) is 32.7 Å². The Morgan fingerprint density at radius 3 is 2.45 bits per heavy atom. The van der Waals surface area contributed by atoms with E-state index in [4.69, 9.17) is 9.47 Å². The second-order valence-electron chi connectivity index (χ2n) is 11.3. The van der Waals surface area contributed by atoms with Crippen molar-refractivity contribution in [3.05, 3.63) is 106 Å². The van der Waals surface area contributed by atoms with E-state index in [9.17, 15) is 24.3 Å². The normalized spacial score (nSPS) is 13.3. The third-order valence-corrected chi connectivity index (χ3v) is 10.2. The van der Waals surface area contributed by atoms with Gasteiger partial charge in [-0.05, 0) is 86.7 Å². The Morgan fingerprint density at radius 2 is 1.69 bits per heavy atom. The standard InChI is InChI=1S/C37H37N3O7S2/c1-22(33(42)40-36-32(37(45)47-3)28-15-8-5-9-16-31(28)49-36)48-27-14-10-13-25(20-27)38-35(44)29(39-34(43)23-11-6-4-7-12-23)19-24-17-18-26(41)21-30(24)46-2/h4,6-7,10-14,17-22,41H,5,8-9,15-16H2,1-3H3,(H,38,44)(H,39,43)(H,40,42)/b29-19+. The first-order valence-electron chi connectivity index (χ1n) is 15.7. The van der Waals surface area contributed by atoms with Gasteiger partial charge in [0.25, 0.3) is 11.8 Å². The number of fused-ring (bicyclic) bond motifs is 1. The molecule has 5 rings (SSSR count). The van der Waals surface area contributed by atoms with Crippen LogP contribution in [0.25, 0.3) is 6.08 Å². The summed E-state index contributed by atoms with van der Waals surface area (Å²) in [6.45, 7) is 1.77. The Morgan fingerprint density at radius 1 is 0.918 bits per heavy atom. The van der Waals surface area contributed by atoms with Crippen LogP contribution in [0.2, 0.25) is 0 Å². The molecule has 0 radical (unpaired) electrons. The number of hydrogen-bond acceptors (Lipinski definition) is 9. The largest absolute Gasteiger partial charge is 0.508 e. The Labute approximate surface area is 292 Å². The molecule has 1 unspecified atom stereocenters. The lowest BCUT2D eigenvalue weighted by Crippen LogP contribution is -2.30. The van der Waals surface area contributed by atoms with E-state index in [1.165, 1.54) is 55.5 Å². The molecule has 49 heavy (non-hydrogen) atoms. The second kappa shape index (κ2) is 16.4. The van der Waals surface area contributed by atoms with Crippen LogP contribution in [0.4, 0.5) is 10.7 Å². The Bertz CT molecular complexity index is 1890. The lowest BCUT2D eigenvalue weighted by atomic mass is 10.1. The van der Waals surface area contributed by atoms with E-state index in [1.807, 2.05) is 6.07 Å². The van der Waals surface area contributed by atoms with E-state index in [-0.39, 0.29) is 17.4 Å². The van der Waals surface area contributed by atoms with Crippen molar-refractivity contribution in [1.82, 2.24) is 5.32 Å². The highest BCUT2D eigenvalue weighted by Gasteiger charge is 2.27. The fourth-order valence-electron chi connectivity index (χ4n) is 5.38. The Kier molecular flexibility index (Phi) is 11.8. The Balaban J connectivity index is 1.32. The number of aromatic hydroxyl groups is 1. The first kappa shape index (κ1) is 35.2. The molecular formula is C37H37N3O7S2. The first-order valence-corrected chi connectivity index (χ1v) is 17.4. The van der Waals surface area contributed by atoms with Crippen LogP contribution < -0.4 is 20.7 Å². The third-order valence-electron chi connectivity index (χ3n) is 7.87. The van der Waals surface area contributed by atoms with Gasteiger partial charge in [-0.15, -0.1) is 23.1 Å². The van der Waals surface area contributed by atoms with Crippen LogP contribution >= 0.6 is 23.1 Å². The summed E-state index contributed by atoms with van der Waals surface area (Å²) in [5.74, 6) is -1.50. The van der Waals surface area contributed by atoms with Crippen LogP contribution in [0.5, 0.6) is 11.5 Å². The number of amides is 3. The number of thioether (sulfide) groups is 1. The molecule has 1 aliphatic rings. The van der Waals surface area contributed by atoms with Crippen molar-refractivity contribution in [2.24, 2.45) is 0 Å². The zero-order valence-corrected chi connectivity index (χ0v) is 29.0. The van der Waals surface area contributed by atoms with E-state index >= 15 is 0 Å². The zero-order chi connectivity index (χ0) is 34.9. The molecule has 3 aromatic carbocycles. The maximum atomic E-state index is 13.6. The van der Waals surface area contributed by atoms with E-state index in [0.717, 1.165) is 47.4 Å². The fourth-order valence-corrected chi connectivity index (χ4v) is 7.59. The number of carbonyl (C=O) groups excluding carboxylic acids is 4. The van der Waals surface area contributed by atoms with Crippen LogP contribution in [0.3, 0.4) is 0 Å². The average Bonchev–Trinajstić information content (AvgIpc) is 3.27. The molecule has 0 fully saturated rings. The number of phenols is 1. The second-order valence-corrected chi connectivity index (χ2v) is 13.8. The van der Waals surface area contributed by atoms with Gasteiger partial charge in [0.15, 0.2) is 0 Å². The number of rotatable bonds is 11. The predicted octanol–water partition coefficient (Wildman–Crippen LogP) is 7.05. The summed E-state index contributed by atoms with van der Waals surface area (Å²) in [5, 5.41) is 18.4. The molecule has 0 saturated heterocycles. The van der Waals surface area contributed by atoms with Crippen LogP contribution in [0, 0.1) is 0 Å². The molecule has 254 valence electrons. The molecular weight excluding hydrogens is 663 g/mol. The molecule has 4 aromatic rings. The van der Waals surface area contributed by atoms with Crippen LogP contribution in [-0.4, -0.2) is 48.3 Å². The minimum Gasteiger partial charge on any atom is -0.508 e. The molecule has 4 N–H and O–H groups in total. The summed E-state index contributed by atoms with van der Waals surface area (Å²) < 4.78 is 10.4. The van der Waals surface area contributed by atoms with Gasteiger partial charge in [-0.2, -0.15) is 0 Å². The van der Waals surface area contributed by atoms with Crippen molar-refractivity contribution < 1.29 is 33.8 Å². The number of anilines is 2. The summed E-state index contributed by atoms with van der Waals surface area (Å²) in [6.07, 6.45) is 6.25. The Hall–Kier alpha value is -5.07. The summed E-state index contributed by atoms with van der Waals surface area (Å²) in [4.78, 5) is 54.6. The number of thiophene rings is 1. The number of phenolic OH excluding ortho intramolecular Hbond substituents is 1. The topological polar surface area (TPSA) is 143 Å². The van der Waals surface area contributed by atoms with Crippen LogP contribution in [-0.2, 0) is 27.2 Å². The van der Waals surface area contributed by atoms with Gasteiger partial charge in [0.2, 0.25) is 5.91 Å². The van der Waals surface area contributed by atoms with Gasteiger partial charge < -0.3 is 30.5 Å². The summed E-state index contributed by atoms with van der Waals surface area (Å²) in [6, 6.07) is 19.9. The number of hydrogen-bond donors (Lipinski definition) is 4. The number of esters is 1. The number of ether oxygens (including phenoxy) is 2. The summed E-state index contributed by atoms with van der Waals surface area (Å²) in [7, 11) is 2.78. The van der Waals surface area contributed by atoms with E-state index in [2.05, 4.69) is 16.0 Å². The maximum absolute atomic E-state index is 13.6. The molecule has 1 heterocycles. The smallest absolute Gasteiger partial charge is 0.341 e. The van der Waals surface area contributed by atoms with Crippen molar-refractivity contribution in [3.8, 4) is 11.5 Å². The van der Waals surface area contributed by atoms with Gasteiger partial charge in [0.05, 0.1) is 25.0 Å². The number of aryl methyl sites for hydroxylation is 1.